The zero-order chi connectivity index (χ0) is 13.4. The maximum absolute atomic E-state index is 6.15. The van der Waals surface area contributed by atoms with Gasteiger partial charge in [-0.2, -0.15) is 5.10 Å². The first-order chi connectivity index (χ1) is 9.15. The third-order valence-electron chi connectivity index (χ3n) is 2.69. The van der Waals surface area contributed by atoms with Crippen molar-refractivity contribution < 1.29 is 0 Å². The molecule has 2 aromatic rings. The van der Waals surface area contributed by atoms with Crippen molar-refractivity contribution >= 4 is 29.0 Å². The zero-order valence-electron chi connectivity index (χ0n) is 9.93. The number of aromatic nitrogens is 2. The maximum atomic E-state index is 6.15. The number of nitrogens with one attached hydrogen (secondary N) is 2. The summed E-state index contributed by atoms with van der Waals surface area (Å²) in [5, 5.41) is 11.3. The van der Waals surface area contributed by atoms with Crippen molar-refractivity contribution in [3.63, 3.8) is 0 Å². The van der Waals surface area contributed by atoms with Gasteiger partial charge in [0.25, 0.3) is 0 Å². The van der Waals surface area contributed by atoms with Gasteiger partial charge in [-0.25, -0.2) is 10.2 Å². The minimum absolute atomic E-state index is 0.542. The Morgan fingerprint density at radius 1 is 1.26 bits per heavy atom. The Morgan fingerprint density at radius 2 is 2.11 bits per heavy atom. The maximum Gasteiger partial charge on any atom is 0.175 e. The number of hydrazine groups is 2. The van der Waals surface area contributed by atoms with Gasteiger partial charge in [0.1, 0.15) is 0 Å². The quantitative estimate of drug-likeness (QED) is 0.887. The van der Waals surface area contributed by atoms with Crippen LogP contribution in [0.2, 0.25) is 10.0 Å². The van der Waals surface area contributed by atoms with Crippen molar-refractivity contribution in [1.29, 1.82) is 0 Å². The SMILES string of the molecule is CN1NNN=C1c1cnn(-c2ccc(Cl)cc2Cl)c1. The Hall–Kier alpha value is -1.76. The van der Waals surface area contributed by atoms with Crippen molar-refractivity contribution in [3.8, 4) is 5.69 Å². The minimum Gasteiger partial charge on any atom is -0.274 e. The van der Waals surface area contributed by atoms with Gasteiger partial charge in [-0.3, -0.25) is 5.01 Å². The molecule has 19 heavy (non-hydrogen) atoms. The topological polar surface area (TPSA) is 57.5 Å². The summed E-state index contributed by atoms with van der Waals surface area (Å²) in [7, 11) is 1.85. The number of halogens is 2. The van der Waals surface area contributed by atoms with Crippen molar-refractivity contribution in [2.45, 2.75) is 0 Å². The van der Waals surface area contributed by atoms with Gasteiger partial charge >= 0.3 is 0 Å². The summed E-state index contributed by atoms with van der Waals surface area (Å²) in [6.07, 6.45) is 3.56. The fourth-order valence-corrected chi connectivity index (χ4v) is 2.27. The number of hydrogen-bond acceptors (Lipinski definition) is 5. The van der Waals surface area contributed by atoms with Crippen LogP contribution >= 0.6 is 23.2 Å². The lowest BCUT2D eigenvalue weighted by atomic mass is 10.3. The van der Waals surface area contributed by atoms with Crippen LogP contribution in [0.1, 0.15) is 5.56 Å². The molecule has 3 rings (SSSR count). The molecule has 1 aliphatic heterocycles. The predicted molar refractivity (Wildman–Crippen MR) is 74.2 cm³/mol. The van der Waals surface area contributed by atoms with E-state index in [9.17, 15) is 0 Å². The number of amidine groups is 1. The van der Waals surface area contributed by atoms with E-state index in [-0.39, 0.29) is 0 Å². The summed E-state index contributed by atoms with van der Waals surface area (Å²) in [4.78, 5) is 0. The van der Waals surface area contributed by atoms with Gasteiger partial charge in [-0.1, -0.05) is 23.2 Å². The number of nitrogens with zero attached hydrogens (tertiary/aromatic N) is 4. The third-order valence-corrected chi connectivity index (χ3v) is 3.23. The summed E-state index contributed by atoms with van der Waals surface area (Å²) < 4.78 is 1.68. The standard InChI is InChI=1S/C11H10Cl2N6/c1-18-11(15-16-17-18)7-5-14-19(6-7)10-3-2-8(12)4-9(10)13/h2-6,16-17H,1H3. The molecule has 1 aliphatic rings. The third kappa shape index (κ3) is 2.25. The Balaban J connectivity index is 1.97. The number of benzene rings is 1. The van der Waals surface area contributed by atoms with Crippen LogP contribution in [0, 0.1) is 0 Å². The zero-order valence-corrected chi connectivity index (χ0v) is 11.4. The van der Waals surface area contributed by atoms with Crippen LogP contribution in [0.3, 0.4) is 0 Å². The Bertz CT molecular complexity index is 650. The van der Waals surface area contributed by atoms with Crippen LogP contribution in [0.5, 0.6) is 0 Å². The highest BCUT2D eigenvalue weighted by Gasteiger charge is 2.17. The lowest BCUT2D eigenvalue weighted by Gasteiger charge is -2.10. The number of hydrazone groups is 1. The molecule has 0 amide bonds. The van der Waals surface area contributed by atoms with Crippen molar-refractivity contribution in [2.24, 2.45) is 5.10 Å². The van der Waals surface area contributed by atoms with E-state index in [1.165, 1.54) is 0 Å². The van der Waals surface area contributed by atoms with Crippen LogP contribution in [0.25, 0.3) is 5.69 Å². The molecule has 0 saturated carbocycles. The van der Waals surface area contributed by atoms with E-state index in [0.29, 0.717) is 10.0 Å². The van der Waals surface area contributed by atoms with Crippen LogP contribution in [-0.4, -0.2) is 27.7 Å². The molecule has 2 heterocycles. The highest BCUT2D eigenvalue weighted by Crippen LogP contribution is 2.24. The predicted octanol–water partition coefficient (Wildman–Crippen LogP) is 1.80. The Kier molecular flexibility index (Phi) is 3.06. The molecule has 0 radical (unpaired) electrons. The molecule has 0 spiro atoms. The lowest BCUT2D eigenvalue weighted by Crippen LogP contribution is -2.37. The van der Waals surface area contributed by atoms with Gasteiger partial charge < -0.3 is 0 Å². The normalized spacial score (nSPS) is 14.5. The van der Waals surface area contributed by atoms with Gasteiger partial charge in [0.15, 0.2) is 5.84 Å². The van der Waals surface area contributed by atoms with E-state index >= 15 is 0 Å². The summed E-state index contributed by atoms with van der Waals surface area (Å²) >= 11 is 12.0. The fourth-order valence-electron chi connectivity index (χ4n) is 1.78. The van der Waals surface area contributed by atoms with Gasteiger partial charge in [0, 0.05) is 18.3 Å². The highest BCUT2D eigenvalue weighted by atomic mass is 35.5. The average Bonchev–Trinajstić information content (AvgIpc) is 2.97. The molecule has 1 aromatic carbocycles. The summed E-state index contributed by atoms with van der Waals surface area (Å²) in [5.74, 6) is 0.747. The molecule has 8 heteroatoms. The van der Waals surface area contributed by atoms with E-state index in [1.807, 2.05) is 19.3 Å². The monoisotopic (exact) mass is 296 g/mol. The van der Waals surface area contributed by atoms with Crippen LogP contribution in [0.15, 0.2) is 35.7 Å². The lowest BCUT2D eigenvalue weighted by molar-refractivity contribution is 0.349. The molecule has 0 saturated heterocycles. The average molecular weight is 297 g/mol. The first-order valence-corrected chi connectivity index (χ1v) is 6.23. The Labute approximate surface area is 119 Å². The van der Waals surface area contributed by atoms with Gasteiger partial charge in [-0.05, 0) is 18.2 Å². The molecular formula is C11H10Cl2N6. The molecule has 0 atom stereocenters. The fraction of sp³-hybridized carbons (Fsp3) is 0.0909. The van der Waals surface area contributed by atoms with E-state index in [1.54, 1.807) is 28.0 Å². The van der Waals surface area contributed by atoms with E-state index in [4.69, 9.17) is 23.2 Å². The van der Waals surface area contributed by atoms with Crippen LogP contribution in [0.4, 0.5) is 0 Å². The van der Waals surface area contributed by atoms with Gasteiger partial charge in [-0.15, -0.1) is 10.6 Å². The largest absolute Gasteiger partial charge is 0.274 e. The second-order valence-corrected chi connectivity index (χ2v) is 4.83. The molecule has 98 valence electrons. The van der Waals surface area contributed by atoms with E-state index in [2.05, 4.69) is 21.3 Å². The molecule has 6 nitrogen and oxygen atoms in total. The summed E-state index contributed by atoms with van der Waals surface area (Å²) in [6.45, 7) is 0. The summed E-state index contributed by atoms with van der Waals surface area (Å²) in [5.41, 5.74) is 7.14. The smallest absolute Gasteiger partial charge is 0.175 e. The van der Waals surface area contributed by atoms with Crippen molar-refractivity contribution in [1.82, 2.24) is 25.9 Å². The first-order valence-electron chi connectivity index (χ1n) is 5.47. The van der Waals surface area contributed by atoms with E-state index < -0.39 is 0 Å². The number of hydrogen-bond donors (Lipinski definition) is 2. The van der Waals surface area contributed by atoms with Crippen LogP contribution in [-0.2, 0) is 0 Å². The van der Waals surface area contributed by atoms with Gasteiger partial charge in [0.05, 0.1) is 22.5 Å². The molecule has 0 bridgehead atoms. The molecule has 0 unspecified atom stereocenters. The molecular weight excluding hydrogens is 287 g/mol. The second-order valence-electron chi connectivity index (χ2n) is 3.99. The Morgan fingerprint density at radius 3 is 2.79 bits per heavy atom. The molecule has 2 N–H and O–H groups in total. The number of rotatable bonds is 2. The second kappa shape index (κ2) is 4.73. The van der Waals surface area contributed by atoms with Crippen LogP contribution < -0.4 is 11.1 Å². The summed E-state index contributed by atoms with van der Waals surface area (Å²) in [6, 6.07) is 5.27. The molecule has 1 aromatic heterocycles. The van der Waals surface area contributed by atoms with Crippen molar-refractivity contribution in [2.75, 3.05) is 7.05 Å². The highest BCUT2D eigenvalue weighted by molar-refractivity contribution is 6.35. The van der Waals surface area contributed by atoms with Crippen molar-refractivity contribution in [3.05, 3.63) is 46.2 Å². The molecule has 0 aliphatic carbocycles. The minimum atomic E-state index is 0.542. The van der Waals surface area contributed by atoms with E-state index in [0.717, 1.165) is 17.1 Å². The first kappa shape index (κ1) is 12.3. The van der Waals surface area contributed by atoms with Gasteiger partial charge in [0.2, 0.25) is 0 Å². The molecule has 0 fully saturated rings.